The molecule has 1 aromatic rings. The van der Waals surface area contributed by atoms with E-state index in [-0.39, 0.29) is 6.61 Å². The molecule has 0 saturated heterocycles. The summed E-state index contributed by atoms with van der Waals surface area (Å²) in [6.07, 6.45) is 0.350. The Hall–Kier alpha value is -1.55. The largest absolute Gasteiger partial charge is 0.436 e. The normalized spacial score (nSPS) is 14.5. The number of aromatic nitrogens is 2. The van der Waals surface area contributed by atoms with Gasteiger partial charge in [-0.3, -0.25) is 0 Å². The van der Waals surface area contributed by atoms with E-state index in [1.165, 1.54) is 12.4 Å². The van der Waals surface area contributed by atoms with Gasteiger partial charge in [-0.05, 0) is 4.92 Å². The molecule has 0 saturated carbocycles. The van der Waals surface area contributed by atoms with Crippen LogP contribution in [-0.4, -0.2) is 55.7 Å². The molecule has 1 heterocycles. The van der Waals surface area contributed by atoms with Crippen molar-refractivity contribution in [1.29, 1.82) is 0 Å². The van der Waals surface area contributed by atoms with Crippen molar-refractivity contribution in [2.45, 2.75) is 12.3 Å². The van der Waals surface area contributed by atoms with E-state index in [1.54, 1.807) is 0 Å². The van der Waals surface area contributed by atoms with Gasteiger partial charge in [0.15, 0.2) is 0 Å². The van der Waals surface area contributed by atoms with Crippen molar-refractivity contribution in [1.82, 2.24) is 9.55 Å². The van der Waals surface area contributed by atoms with Crippen LogP contribution >= 0.6 is 0 Å². The molecule has 0 spiro atoms. The SMILES string of the molecule is O=[N+]([O-])c1nccn1C(CO)OCC(O)CO. The number of hydrogen-bond acceptors (Lipinski definition) is 7. The van der Waals surface area contributed by atoms with E-state index < -0.39 is 36.4 Å². The maximum absolute atomic E-state index is 10.6. The third-order valence-corrected chi connectivity index (χ3v) is 1.97. The molecule has 3 N–H and O–H groups in total. The van der Waals surface area contributed by atoms with Crippen LogP contribution in [0.25, 0.3) is 0 Å². The predicted octanol–water partition coefficient (Wildman–Crippen LogP) is -1.35. The highest BCUT2D eigenvalue weighted by atomic mass is 16.6. The minimum Gasteiger partial charge on any atom is -0.394 e. The standard InChI is InChI=1S/C8H13N3O6/c12-3-6(14)5-17-7(4-13)10-2-1-9-8(10)11(15)16/h1-2,6-7,12-14H,3-5H2. The molecule has 2 atom stereocenters. The van der Waals surface area contributed by atoms with E-state index in [1.807, 2.05) is 0 Å². The van der Waals surface area contributed by atoms with Crippen molar-refractivity contribution in [3.8, 4) is 0 Å². The molecule has 0 aliphatic heterocycles. The first kappa shape index (κ1) is 13.5. The molecule has 0 aromatic carbocycles. The average molecular weight is 247 g/mol. The summed E-state index contributed by atoms with van der Waals surface area (Å²) in [5.41, 5.74) is 0. The molecule has 0 amide bonds. The zero-order valence-corrected chi connectivity index (χ0v) is 8.84. The highest BCUT2D eigenvalue weighted by Crippen LogP contribution is 2.16. The highest BCUT2D eigenvalue weighted by Gasteiger charge is 2.23. The van der Waals surface area contributed by atoms with Crippen LogP contribution in [0.1, 0.15) is 6.23 Å². The molecule has 96 valence electrons. The Morgan fingerprint density at radius 3 is 2.76 bits per heavy atom. The van der Waals surface area contributed by atoms with Crippen molar-refractivity contribution in [3.63, 3.8) is 0 Å². The van der Waals surface area contributed by atoms with Crippen molar-refractivity contribution in [2.24, 2.45) is 0 Å². The van der Waals surface area contributed by atoms with Gasteiger partial charge in [-0.1, -0.05) is 4.98 Å². The van der Waals surface area contributed by atoms with Gasteiger partial charge in [0.05, 0.1) is 13.2 Å². The van der Waals surface area contributed by atoms with Gasteiger partial charge in [-0.15, -0.1) is 0 Å². The third-order valence-electron chi connectivity index (χ3n) is 1.97. The van der Waals surface area contributed by atoms with Gasteiger partial charge in [-0.2, -0.15) is 0 Å². The molecule has 0 radical (unpaired) electrons. The van der Waals surface area contributed by atoms with Gasteiger partial charge in [-0.25, -0.2) is 4.57 Å². The summed E-state index contributed by atoms with van der Waals surface area (Å²) in [6.45, 7) is -1.27. The van der Waals surface area contributed by atoms with E-state index >= 15 is 0 Å². The van der Waals surface area contributed by atoms with Crippen LogP contribution in [0.2, 0.25) is 0 Å². The lowest BCUT2D eigenvalue weighted by molar-refractivity contribution is -0.398. The Morgan fingerprint density at radius 2 is 2.24 bits per heavy atom. The van der Waals surface area contributed by atoms with Crippen LogP contribution in [0.4, 0.5) is 5.95 Å². The Morgan fingerprint density at radius 1 is 1.53 bits per heavy atom. The highest BCUT2D eigenvalue weighted by molar-refractivity contribution is 5.07. The number of rotatable bonds is 7. The first-order valence-corrected chi connectivity index (χ1v) is 4.78. The Kier molecular flexibility index (Phi) is 4.97. The number of aliphatic hydroxyl groups is 3. The molecule has 0 bridgehead atoms. The minimum absolute atomic E-state index is 0.253. The average Bonchev–Trinajstić information content (AvgIpc) is 2.78. The molecule has 0 aliphatic rings. The Balaban J connectivity index is 2.72. The van der Waals surface area contributed by atoms with Crippen LogP contribution in [0.3, 0.4) is 0 Å². The molecule has 0 fully saturated rings. The Labute approximate surface area is 96.0 Å². The third kappa shape index (κ3) is 3.46. The van der Waals surface area contributed by atoms with E-state index in [9.17, 15) is 10.1 Å². The van der Waals surface area contributed by atoms with Gasteiger partial charge in [0.2, 0.25) is 6.23 Å². The molecule has 9 heteroatoms. The van der Waals surface area contributed by atoms with Crippen LogP contribution < -0.4 is 0 Å². The number of ether oxygens (including phenoxy) is 1. The van der Waals surface area contributed by atoms with Gasteiger partial charge in [0.1, 0.15) is 25.1 Å². The minimum atomic E-state index is -1.10. The first-order valence-electron chi connectivity index (χ1n) is 4.78. The summed E-state index contributed by atoms with van der Waals surface area (Å²) in [7, 11) is 0. The summed E-state index contributed by atoms with van der Waals surface area (Å²) < 4.78 is 6.07. The summed E-state index contributed by atoms with van der Waals surface area (Å²) in [5.74, 6) is -0.470. The quantitative estimate of drug-likeness (QED) is 0.401. The second kappa shape index (κ2) is 6.25. The molecular formula is C8H13N3O6. The molecule has 1 aromatic heterocycles. The molecule has 9 nitrogen and oxygen atoms in total. The van der Waals surface area contributed by atoms with Gasteiger partial charge in [0, 0.05) is 0 Å². The number of aliphatic hydroxyl groups excluding tert-OH is 3. The summed E-state index contributed by atoms with van der Waals surface area (Å²) >= 11 is 0. The van der Waals surface area contributed by atoms with Crippen molar-refractivity contribution < 1.29 is 25.0 Å². The Bertz CT molecular complexity index is 368. The lowest BCUT2D eigenvalue weighted by Gasteiger charge is -2.16. The lowest BCUT2D eigenvalue weighted by atomic mass is 10.4. The fourth-order valence-corrected chi connectivity index (χ4v) is 1.17. The maximum atomic E-state index is 10.6. The number of hydrogen-bond donors (Lipinski definition) is 3. The number of imidazole rings is 1. The second-order valence-electron chi connectivity index (χ2n) is 3.20. The zero-order valence-electron chi connectivity index (χ0n) is 8.84. The van der Waals surface area contributed by atoms with Crippen molar-refractivity contribution in [2.75, 3.05) is 19.8 Å². The van der Waals surface area contributed by atoms with Crippen molar-refractivity contribution in [3.05, 3.63) is 22.5 Å². The molecule has 2 unspecified atom stereocenters. The molecule has 0 aliphatic carbocycles. The maximum Gasteiger partial charge on any atom is 0.436 e. The smallest absolute Gasteiger partial charge is 0.394 e. The molecular weight excluding hydrogens is 234 g/mol. The van der Waals surface area contributed by atoms with Gasteiger partial charge in [0.25, 0.3) is 0 Å². The number of nitrogens with zero attached hydrogens (tertiary/aromatic N) is 3. The van der Waals surface area contributed by atoms with Gasteiger partial charge >= 0.3 is 5.95 Å². The summed E-state index contributed by atoms with van der Waals surface area (Å²) in [6, 6.07) is 0. The van der Waals surface area contributed by atoms with E-state index in [0.717, 1.165) is 4.57 Å². The van der Waals surface area contributed by atoms with Crippen LogP contribution in [-0.2, 0) is 4.74 Å². The zero-order chi connectivity index (χ0) is 12.8. The predicted molar refractivity (Wildman–Crippen MR) is 54.0 cm³/mol. The second-order valence-corrected chi connectivity index (χ2v) is 3.20. The first-order chi connectivity index (χ1) is 8.10. The van der Waals surface area contributed by atoms with Crippen LogP contribution in [0.5, 0.6) is 0 Å². The monoisotopic (exact) mass is 247 g/mol. The van der Waals surface area contributed by atoms with Gasteiger partial charge < -0.3 is 30.2 Å². The van der Waals surface area contributed by atoms with Crippen LogP contribution in [0.15, 0.2) is 12.4 Å². The topological polar surface area (TPSA) is 131 Å². The lowest BCUT2D eigenvalue weighted by Crippen LogP contribution is -2.25. The number of nitro groups is 1. The molecule has 17 heavy (non-hydrogen) atoms. The van der Waals surface area contributed by atoms with Crippen molar-refractivity contribution >= 4 is 5.95 Å². The fourth-order valence-electron chi connectivity index (χ4n) is 1.17. The fraction of sp³-hybridized carbons (Fsp3) is 0.625. The molecule has 1 rings (SSSR count). The van der Waals surface area contributed by atoms with E-state index in [4.69, 9.17) is 20.1 Å². The summed E-state index contributed by atoms with van der Waals surface area (Å²) in [4.78, 5) is 13.4. The van der Waals surface area contributed by atoms with E-state index in [2.05, 4.69) is 4.98 Å². The summed E-state index contributed by atoms with van der Waals surface area (Å²) in [5, 5.41) is 37.3. The van der Waals surface area contributed by atoms with E-state index in [0.29, 0.717) is 0 Å². The van der Waals surface area contributed by atoms with Crippen LogP contribution in [0, 0.1) is 10.1 Å².